The van der Waals surface area contributed by atoms with E-state index in [1.54, 1.807) is 12.3 Å². The van der Waals surface area contributed by atoms with Crippen molar-refractivity contribution >= 4 is 29.3 Å². The van der Waals surface area contributed by atoms with Gasteiger partial charge in [-0.05, 0) is 43.2 Å². The van der Waals surface area contributed by atoms with E-state index in [1.807, 2.05) is 43.3 Å². The van der Waals surface area contributed by atoms with E-state index in [0.717, 1.165) is 16.7 Å². The molecule has 0 aliphatic rings. The van der Waals surface area contributed by atoms with E-state index in [1.165, 1.54) is 18.3 Å². The van der Waals surface area contributed by atoms with Gasteiger partial charge in [-0.3, -0.25) is 15.5 Å². The lowest BCUT2D eigenvalue weighted by molar-refractivity contribution is -0.385. The number of hydrogen-bond acceptors (Lipinski definition) is 7. The van der Waals surface area contributed by atoms with Crippen molar-refractivity contribution in [3.05, 3.63) is 99.2 Å². The first-order valence-electron chi connectivity index (χ1n) is 10.2. The Morgan fingerprint density at radius 3 is 2.70 bits per heavy atom. The van der Waals surface area contributed by atoms with Gasteiger partial charge in [0.15, 0.2) is 11.5 Å². The fraction of sp³-hybridized carbons (Fsp3) is 0.167. The van der Waals surface area contributed by atoms with E-state index >= 15 is 0 Å². The molecule has 170 valence electrons. The van der Waals surface area contributed by atoms with Gasteiger partial charge in [0.2, 0.25) is 0 Å². The van der Waals surface area contributed by atoms with Crippen molar-refractivity contribution in [2.24, 2.45) is 5.10 Å². The average Bonchev–Trinajstić information content (AvgIpc) is 2.80. The minimum atomic E-state index is -0.508. The molecule has 0 amide bonds. The standard InChI is InChI=1S/C24H23ClN4O4/c1-3-7-18-12-17(14-27-28-23-11-10-20(15-26-23)29(30)31)13-22(32-4-2)24(18)33-16-19-8-5-6-9-21(19)25/h3,5-6,8-15H,1,4,7,16H2,2H3,(H,26,28)/b27-14+. The molecule has 0 radical (unpaired) electrons. The predicted molar refractivity (Wildman–Crippen MR) is 129 cm³/mol. The van der Waals surface area contributed by atoms with Gasteiger partial charge in [-0.2, -0.15) is 5.10 Å². The number of pyridine rings is 1. The Morgan fingerprint density at radius 1 is 1.21 bits per heavy atom. The van der Waals surface area contributed by atoms with Gasteiger partial charge in [-0.1, -0.05) is 35.9 Å². The van der Waals surface area contributed by atoms with Gasteiger partial charge in [0.05, 0.1) is 17.7 Å². The number of allylic oxidation sites excluding steroid dienone is 1. The summed E-state index contributed by atoms with van der Waals surface area (Å²) in [6, 6.07) is 14.1. The molecule has 1 heterocycles. The molecule has 8 nitrogen and oxygen atoms in total. The summed E-state index contributed by atoms with van der Waals surface area (Å²) in [5.41, 5.74) is 5.20. The number of nitrogens with zero attached hydrogens (tertiary/aromatic N) is 3. The molecule has 0 spiro atoms. The van der Waals surface area contributed by atoms with Crippen LogP contribution in [-0.4, -0.2) is 22.7 Å². The van der Waals surface area contributed by atoms with E-state index in [2.05, 4.69) is 22.1 Å². The Balaban J connectivity index is 1.82. The molecular formula is C24H23ClN4O4. The highest BCUT2D eigenvalue weighted by atomic mass is 35.5. The first kappa shape index (κ1) is 23.7. The summed E-state index contributed by atoms with van der Waals surface area (Å²) >= 11 is 6.26. The van der Waals surface area contributed by atoms with Crippen molar-refractivity contribution in [2.75, 3.05) is 12.0 Å². The molecule has 0 bridgehead atoms. The average molecular weight is 467 g/mol. The Hall–Kier alpha value is -3.91. The lowest BCUT2D eigenvalue weighted by Crippen LogP contribution is -2.04. The third-order valence-electron chi connectivity index (χ3n) is 4.50. The number of nitro groups is 1. The maximum absolute atomic E-state index is 10.7. The lowest BCUT2D eigenvalue weighted by Gasteiger charge is -2.17. The molecule has 0 saturated carbocycles. The van der Waals surface area contributed by atoms with E-state index < -0.39 is 4.92 Å². The highest BCUT2D eigenvalue weighted by Gasteiger charge is 2.14. The second-order valence-electron chi connectivity index (χ2n) is 6.84. The Labute approximate surface area is 196 Å². The normalized spacial score (nSPS) is 10.7. The molecule has 0 atom stereocenters. The van der Waals surface area contributed by atoms with E-state index in [4.69, 9.17) is 21.1 Å². The molecule has 9 heteroatoms. The molecule has 3 aromatic rings. The van der Waals surface area contributed by atoms with Crippen molar-refractivity contribution in [3.63, 3.8) is 0 Å². The van der Waals surface area contributed by atoms with Gasteiger partial charge >= 0.3 is 0 Å². The minimum Gasteiger partial charge on any atom is -0.490 e. The number of halogens is 1. The van der Waals surface area contributed by atoms with Crippen molar-refractivity contribution in [3.8, 4) is 11.5 Å². The van der Waals surface area contributed by atoms with Crippen LogP contribution in [0, 0.1) is 10.1 Å². The number of ether oxygens (including phenoxy) is 2. The predicted octanol–water partition coefficient (Wildman–Crippen LogP) is 5.80. The van der Waals surface area contributed by atoms with Crippen molar-refractivity contribution < 1.29 is 14.4 Å². The second kappa shape index (κ2) is 11.6. The van der Waals surface area contributed by atoms with E-state index in [0.29, 0.717) is 42.0 Å². The van der Waals surface area contributed by atoms with Crippen LogP contribution in [0.4, 0.5) is 11.5 Å². The summed E-state index contributed by atoms with van der Waals surface area (Å²) in [6.07, 6.45) is 5.12. The summed E-state index contributed by atoms with van der Waals surface area (Å²) in [5.74, 6) is 1.59. The zero-order chi connectivity index (χ0) is 23.6. The van der Waals surface area contributed by atoms with Gasteiger partial charge in [0, 0.05) is 22.2 Å². The maximum Gasteiger partial charge on any atom is 0.287 e. The van der Waals surface area contributed by atoms with Crippen LogP contribution in [0.15, 0.2) is 72.5 Å². The molecule has 1 N–H and O–H groups in total. The summed E-state index contributed by atoms with van der Waals surface area (Å²) < 4.78 is 12.0. The number of anilines is 1. The summed E-state index contributed by atoms with van der Waals surface area (Å²) in [4.78, 5) is 14.2. The molecule has 0 aliphatic heterocycles. The van der Waals surface area contributed by atoms with Gasteiger partial charge in [-0.15, -0.1) is 6.58 Å². The van der Waals surface area contributed by atoms with Crippen LogP contribution in [0.3, 0.4) is 0 Å². The van der Waals surface area contributed by atoms with Crippen LogP contribution in [0.1, 0.15) is 23.6 Å². The van der Waals surface area contributed by atoms with Crippen LogP contribution in [-0.2, 0) is 13.0 Å². The smallest absolute Gasteiger partial charge is 0.287 e. The topological polar surface area (TPSA) is 98.9 Å². The highest BCUT2D eigenvalue weighted by Crippen LogP contribution is 2.34. The number of benzene rings is 2. The number of nitrogens with one attached hydrogen (secondary N) is 1. The summed E-state index contributed by atoms with van der Waals surface area (Å²) in [6.45, 7) is 6.49. The zero-order valence-electron chi connectivity index (χ0n) is 18.0. The van der Waals surface area contributed by atoms with Crippen LogP contribution < -0.4 is 14.9 Å². The molecule has 1 aromatic heterocycles. The van der Waals surface area contributed by atoms with Crippen LogP contribution in [0.5, 0.6) is 11.5 Å². The second-order valence-corrected chi connectivity index (χ2v) is 7.25. The first-order valence-corrected chi connectivity index (χ1v) is 10.6. The van der Waals surface area contributed by atoms with Crippen molar-refractivity contribution in [2.45, 2.75) is 20.0 Å². The Morgan fingerprint density at radius 2 is 2.03 bits per heavy atom. The number of aromatic nitrogens is 1. The van der Waals surface area contributed by atoms with E-state index in [-0.39, 0.29) is 5.69 Å². The summed E-state index contributed by atoms with van der Waals surface area (Å²) in [5, 5.41) is 15.5. The number of rotatable bonds is 11. The Bertz CT molecular complexity index is 1150. The summed E-state index contributed by atoms with van der Waals surface area (Å²) in [7, 11) is 0. The third-order valence-corrected chi connectivity index (χ3v) is 4.87. The first-order chi connectivity index (χ1) is 16.0. The quantitative estimate of drug-likeness (QED) is 0.166. The largest absolute Gasteiger partial charge is 0.490 e. The fourth-order valence-electron chi connectivity index (χ4n) is 2.99. The van der Waals surface area contributed by atoms with Crippen LogP contribution >= 0.6 is 11.6 Å². The minimum absolute atomic E-state index is 0.0904. The molecule has 0 saturated heterocycles. The zero-order valence-corrected chi connectivity index (χ0v) is 18.8. The van der Waals surface area contributed by atoms with Gasteiger partial charge in [0.25, 0.3) is 5.69 Å². The van der Waals surface area contributed by atoms with Crippen molar-refractivity contribution in [1.82, 2.24) is 4.98 Å². The third kappa shape index (κ3) is 6.54. The lowest BCUT2D eigenvalue weighted by atomic mass is 10.1. The monoisotopic (exact) mass is 466 g/mol. The SMILES string of the molecule is C=CCc1cc(/C=N/Nc2ccc([N+](=O)[O-])cn2)cc(OCC)c1OCc1ccccc1Cl. The molecular weight excluding hydrogens is 444 g/mol. The molecule has 3 rings (SSSR count). The van der Waals surface area contributed by atoms with Crippen LogP contribution in [0.2, 0.25) is 5.02 Å². The molecule has 0 aliphatic carbocycles. The van der Waals surface area contributed by atoms with Gasteiger partial charge < -0.3 is 9.47 Å². The van der Waals surface area contributed by atoms with Crippen molar-refractivity contribution in [1.29, 1.82) is 0 Å². The molecule has 33 heavy (non-hydrogen) atoms. The molecule has 2 aromatic carbocycles. The number of hydrogen-bond donors (Lipinski definition) is 1. The Kier molecular flexibility index (Phi) is 8.37. The van der Waals surface area contributed by atoms with Crippen LogP contribution in [0.25, 0.3) is 0 Å². The molecule has 0 fully saturated rings. The molecule has 0 unspecified atom stereocenters. The van der Waals surface area contributed by atoms with Gasteiger partial charge in [-0.25, -0.2) is 4.98 Å². The highest BCUT2D eigenvalue weighted by molar-refractivity contribution is 6.31. The maximum atomic E-state index is 10.7. The fourth-order valence-corrected chi connectivity index (χ4v) is 3.18. The number of hydrazone groups is 1. The van der Waals surface area contributed by atoms with E-state index in [9.17, 15) is 10.1 Å². The van der Waals surface area contributed by atoms with Gasteiger partial charge in [0.1, 0.15) is 18.6 Å².